The van der Waals surface area contributed by atoms with E-state index in [1.807, 2.05) is 0 Å². The molecule has 1 amide bonds. The number of nitrogens with one attached hydrogen (secondary N) is 1. The average molecular weight is 399 g/mol. The van der Waals surface area contributed by atoms with Crippen LogP contribution in [0.15, 0.2) is 24.3 Å². The van der Waals surface area contributed by atoms with Crippen LogP contribution >= 0.6 is 0 Å². The van der Waals surface area contributed by atoms with E-state index in [9.17, 15) is 14.4 Å². The van der Waals surface area contributed by atoms with E-state index in [4.69, 9.17) is 9.47 Å². The Morgan fingerprint density at radius 2 is 1.59 bits per heavy atom. The fraction of sp³-hybridized carbons (Fsp3) is 0.609. The SMILES string of the molecule is COc1ccc(C(=O)[C@H](C)OC(=O)CNC(=O)C23CC4CC(CC(C4)C2)C3)cc1. The van der Waals surface area contributed by atoms with E-state index in [2.05, 4.69) is 5.32 Å². The second-order valence-electron chi connectivity index (χ2n) is 9.11. The van der Waals surface area contributed by atoms with Crippen molar-refractivity contribution in [1.82, 2.24) is 5.32 Å². The first-order chi connectivity index (χ1) is 13.9. The minimum absolute atomic E-state index is 0.0114. The van der Waals surface area contributed by atoms with Gasteiger partial charge in [0.2, 0.25) is 11.7 Å². The third-order valence-corrected chi connectivity index (χ3v) is 6.97. The number of Topliss-reactive ketones (excluding diaryl/α,β-unsaturated/α-hetero) is 1. The van der Waals surface area contributed by atoms with Crippen molar-refractivity contribution < 1.29 is 23.9 Å². The van der Waals surface area contributed by atoms with Crippen LogP contribution in [0.5, 0.6) is 5.75 Å². The van der Waals surface area contributed by atoms with Gasteiger partial charge in [0, 0.05) is 11.0 Å². The number of methoxy groups -OCH3 is 1. The molecule has 1 atom stereocenters. The molecule has 4 fully saturated rings. The fourth-order valence-corrected chi connectivity index (χ4v) is 6.01. The number of carbonyl (C=O) groups excluding carboxylic acids is 3. The van der Waals surface area contributed by atoms with Crippen LogP contribution in [0.4, 0.5) is 0 Å². The van der Waals surface area contributed by atoms with Crippen molar-refractivity contribution in [2.75, 3.05) is 13.7 Å². The largest absolute Gasteiger partial charge is 0.497 e. The summed E-state index contributed by atoms with van der Waals surface area (Å²) >= 11 is 0. The van der Waals surface area contributed by atoms with Gasteiger partial charge >= 0.3 is 5.97 Å². The van der Waals surface area contributed by atoms with E-state index < -0.39 is 12.1 Å². The molecular weight excluding hydrogens is 370 g/mol. The number of ether oxygens (including phenoxy) is 2. The van der Waals surface area contributed by atoms with Gasteiger partial charge < -0.3 is 14.8 Å². The first kappa shape index (κ1) is 19.9. The summed E-state index contributed by atoms with van der Waals surface area (Å²) in [6.07, 6.45) is 5.73. The van der Waals surface area contributed by atoms with Crippen molar-refractivity contribution in [1.29, 1.82) is 0 Å². The minimum atomic E-state index is -0.910. The highest BCUT2D eigenvalue weighted by Gasteiger charge is 2.54. The second kappa shape index (κ2) is 7.81. The van der Waals surface area contributed by atoms with Crippen LogP contribution in [0.1, 0.15) is 55.8 Å². The maximum absolute atomic E-state index is 12.9. The van der Waals surface area contributed by atoms with Crippen molar-refractivity contribution >= 4 is 17.7 Å². The number of hydrogen-bond donors (Lipinski definition) is 1. The quantitative estimate of drug-likeness (QED) is 0.563. The third-order valence-electron chi connectivity index (χ3n) is 6.97. The van der Waals surface area contributed by atoms with E-state index in [1.165, 1.54) is 19.3 Å². The Morgan fingerprint density at radius 3 is 2.10 bits per heavy atom. The molecule has 4 bridgehead atoms. The lowest BCUT2D eigenvalue weighted by Gasteiger charge is -2.55. The molecule has 0 heterocycles. The molecule has 29 heavy (non-hydrogen) atoms. The molecule has 4 aliphatic carbocycles. The van der Waals surface area contributed by atoms with E-state index in [-0.39, 0.29) is 23.7 Å². The molecule has 0 saturated heterocycles. The smallest absolute Gasteiger partial charge is 0.326 e. The predicted molar refractivity (Wildman–Crippen MR) is 106 cm³/mol. The van der Waals surface area contributed by atoms with Gasteiger partial charge in [-0.15, -0.1) is 0 Å². The monoisotopic (exact) mass is 399 g/mol. The van der Waals surface area contributed by atoms with Crippen molar-refractivity contribution in [3.05, 3.63) is 29.8 Å². The van der Waals surface area contributed by atoms with Gasteiger partial charge in [0.1, 0.15) is 12.3 Å². The van der Waals surface area contributed by atoms with Gasteiger partial charge in [0.05, 0.1) is 7.11 Å². The van der Waals surface area contributed by atoms with Crippen molar-refractivity contribution in [3.8, 4) is 5.75 Å². The lowest BCUT2D eigenvalue weighted by atomic mass is 9.49. The predicted octanol–water partition coefficient (Wildman–Crippen LogP) is 3.14. The maximum Gasteiger partial charge on any atom is 0.326 e. The number of ketones is 1. The van der Waals surface area contributed by atoms with Crippen LogP contribution in [0, 0.1) is 23.2 Å². The number of rotatable bonds is 7. The summed E-state index contributed by atoms with van der Waals surface area (Å²) in [6, 6.07) is 6.65. The Labute approximate surface area is 171 Å². The van der Waals surface area contributed by atoms with Crippen molar-refractivity contribution in [2.45, 2.75) is 51.6 Å². The normalized spacial score (nSPS) is 30.5. The van der Waals surface area contributed by atoms with Crippen LogP contribution in [-0.2, 0) is 14.3 Å². The lowest BCUT2D eigenvalue weighted by Crippen LogP contribution is -2.54. The summed E-state index contributed by atoms with van der Waals surface area (Å²) in [5.41, 5.74) is 0.156. The molecule has 4 aliphatic rings. The Bertz CT molecular complexity index is 765. The number of esters is 1. The second-order valence-corrected chi connectivity index (χ2v) is 9.11. The van der Waals surface area contributed by atoms with Gasteiger partial charge in [-0.05, 0) is 87.5 Å². The van der Waals surface area contributed by atoms with Gasteiger partial charge in [-0.2, -0.15) is 0 Å². The highest BCUT2D eigenvalue weighted by molar-refractivity contribution is 6.00. The molecule has 6 heteroatoms. The van der Waals surface area contributed by atoms with Gasteiger partial charge in [-0.3, -0.25) is 14.4 Å². The van der Waals surface area contributed by atoms with Gasteiger partial charge in [0.25, 0.3) is 0 Å². The van der Waals surface area contributed by atoms with Gasteiger partial charge in [-0.25, -0.2) is 0 Å². The van der Waals surface area contributed by atoms with E-state index in [0.717, 1.165) is 19.3 Å². The molecule has 156 valence electrons. The minimum Gasteiger partial charge on any atom is -0.497 e. The maximum atomic E-state index is 12.9. The zero-order valence-corrected chi connectivity index (χ0v) is 17.1. The molecule has 0 unspecified atom stereocenters. The van der Waals surface area contributed by atoms with Gasteiger partial charge in [0.15, 0.2) is 6.10 Å². The van der Waals surface area contributed by atoms with Crippen molar-refractivity contribution in [3.63, 3.8) is 0 Å². The summed E-state index contributed by atoms with van der Waals surface area (Å²) < 4.78 is 10.3. The van der Waals surface area contributed by atoms with E-state index >= 15 is 0 Å². The van der Waals surface area contributed by atoms with Crippen LogP contribution in [0.25, 0.3) is 0 Å². The van der Waals surface area contributed by atoms with Crippen molar-refractivity contribution in [2.24, 2.45) is 23.2 Å². The highest BCUT2D eigenvalue weighted by atomic mass is 16.5. The Hall–Kier alpha value is -2.37. The number of hydrogen-bond acceptors (Lipinski definition) is 5. The standard InChI is InChI=1S/C23H29NO5/c1-14(21(26)18-3-5-19(28-2)6-4-18)29-20(25)13-24-22(27)23-10-15-7-16(11-23)9-17(8-15)12-23/h3-6,14-17H,7-13H2,1-2H3,(H,24,27)/t14-,15?,16?,17?,23?/m0/s1. The van der Waals surface area contributed by atoms with Gasteiger partial charge in [-0.1, -0.05) is 0 Å². The van der Waals surface area contributed by atoms with Crippen LogP contribution < -0.4 is 10.1 Å². The Balaban J connectivity index is 1.28. The number of amides is 1. The number of carbonyl (C=O) groups is 3. The average Bonchev–Trinajstić information content (AvgIpc) is 2.70. The molecule has 4 saturated carbocycles. The van der Waals surface area contributed by atoms with Crippen LogP contribution in [-0.4, -0.2) is 37.4 Å². The first-order valence-corrected chi connectivity index (χ1v) is 10.5. The Kier molecular flexibility index (Phi) is 5.36. The lowest BCUT2D eigenvalue weighted by molar-refractivity contribution is -0.152. The summed E-state index contributed by atoms with van der Waals surface area (Å²) in [7, 11) is 1.55. The number of benzene rings is 1. The van der Waals surface area contributed by atoms with Crippen LogP contribution in [0.3, 0.4) is 0 Å². The summed E-state index contributed by atoms with van der Waals surface area (Å²) in [6.45, 7) is 1.35. The summed E-state index contributed by atoms with van der Waals surface area (Å²) in [5.74, 6) is 1.77. The summed E-state index contributed by atoms with van der Waals surface area (Å²) in [4.78, 5) is 37.6. The zero-order valence-electron chi connectivity index (χ0n) is 17.1. The highest BCUT2D eigenvalue weighted by Crippen LogP contribution is 2.60. The topological polar surface area (TPSA) is 81.7 Å². The van der Waals surface area contributed by atoms with E-state index in [0.29, 0.717) is 29.1 Å². The molecule has 0 radical (unpaired) electrons. The zero-order chi connectivity index (χ0) is 20.6. The molecule has 5 rings (SSSR count). The molecule has 6 nitrogen and oxygen atoms in total. The fourth-order valence-electron chi connectivity index (χ4n) is 6.01. The molecule has 0 aromatic heterocycles. The Morgan fingerprint density at radius 1 is 1.03 bits per heavy atom. The third kappa shape index (κ3) is 4.02. The summed E-state index contributed by atoms with van der Waals surface area (Å²) in [5, 5.41) is 2.80. The van der Waals surface area contributed by atoms with Crippen LogP contribution in [0.2, 0.25) is 0 Å². The first-order valence-electron chi connectivity index (χ1n) is 10.5. The molecule has 1 aromatic carbocycles. The molecular formula is C23H29NO5. The van der Waals surface area contributed by atoms with E-state index in [1.54, 1.807) is 38.3 Å². The molecule has 0 aliphatic heterocycles. The molecule has 0 spiro atoms. The molecule has 1 N–H and O–H groups in total. The molecule has 1 aromatic rings.